The van der Waals surface area contributed by atoms with E-state index in [0.29, 0.717) is 31.3 Å². The molecule has 0 bridgehead atoms. The third kappa shape index (κ3) is 4.31. The second-order valence-corrected chi connectivity index (χ2v) is 9.55. The van der Waals surface area contributed by atoms with Crippen molar-refractivity contribution in [3.05, 3.63) is 59.9 Å². The van der Waals surface area contributed by atoms with Crippen LogP contribution in [0.1, 0.15) is 18.7 Å². The molecule has 0 unspecified atom stereocenters. The summed E-state index contributed by atoms with van der Waals surface area (Å²) in [5.74, 6) is -1.60. The number of imidazole rings is 1. The Kier molecular flexibility index (Phi) is 5.76. The van der Waals surface area contributed by atoms with E-state index >= 15 is 0 Å². The Labute approximate surface area is 178 Å². The quantitative estimate of drug-likeness (QED) is 0.650. The normalized spacial score (nSPS) is 16.0. The molecule has 0 radical (unpaired) electrons. The molecule has 1 aliphatic heterocycles. The van der Waals surface area contributed by atoms with Gasteiger partial charge in [-0.1, -0.05) is 12.1 Å². The molecule has 31 heavy (non-hydrogen) atoms. The molecule has 164 valence electrons. The van der Waals surface area contributed by atoms with Crippen molar-refractivity contribution in [1.29, 1.82) is 0 Å². The number of halogens is 2. The van der Waals surface area contributed by atoms with Gasteiger partial charge < -0.3 is 9.88 Å². The van der Waals surface area contributed by atoms with Crippen LogP contribution in [0.15, 0.2) is 47.4 Å². The first-order valence-corrected chi connectivity index (χ1v) is 11.3. The van der Waals surface area contributed by atoms with Crippen molar-refractivity contribution in [3.63, 3.8) is 0 Å². The van der Waals surface area contributed by atoms with Crippen LogP contribution in [0.25, 0.3) is 11.0 Å². The number of sulfonamides is 1. The second kappa shape index (κ2) is 8.35. The minimum Gasteiger partial charge on any atom is -0.340 e. The zero-order valence-electron chi connectivity index (χ0n) is 16.9. The van der Waals surface area contributed by atoms with Crippen LogP contribution in [0.3, 0.4) is 0 Å². The summed E-state index contributed by atoms with van der Waals surface area (Å²) >= 11 is 0. The number of amides is 1. The SMILES string of the molecule is CN(Cc1nc2ccccc2[nH]1)C(=O)C1CCN(S(=O)(=O)c2cc(F)ccc2F)CC1. The Morgan fingerprint density at radius 2 is 1.90 bits per heavy atom. The summed E-state index contributed by atoms with van der Waals surface area (Å²) in [7, 11) is -2.49. The van der Waals surface area contributed by atoms with Crippen LogP contribution in [0.4, 0.5) is 8.78 Å². The van der Waals surface area contributed by atoms with Crippen molar-refractivity contribution >= 4 is 27.0 Å². The molecule has 7 nitrogen and oxygen atoms in total. The number of hydrogen-bond acceptors (Lipinski definition) is 4. The standard InChI is InChI=1S/C21H22F2N4O3S/c1-26(13-20-24-17-4-2-3-5-18(17)25-20)21(28)14-8-10-27(11-9-14)31(29,30)19-12-15(22)6-7-16(19)23/h2-7,12,14H,8-11,13H2,1H3,(H,24,25). The van der Waals surface area contributed by atoms with E-state index < -0.39 is 26.6 Å². The summed E-state index contributed by atoms with van der Waals surface area (Å²) < 4.78 is 53.9. The van der Waals surface area contributed by atoms with E-state index in [9.17, 15) is 22.0 Å². The minimum atomic E-state index is -4.17. The summed E-state index contributed by atoms with van der Waals surface area (Å²) in [4.78, 5) is 21.4. The zero-order valence-corrected chi connectivity index (χ0v) is 17.7. The molecule has 2 aromatic carbocycles. The molecule has 1 saturated heterocycles. The summed E-state index contributed by atoms with van der Waals surface area (Å²) in [6, 6.07) is 9.93. The Morgan fingerprint density at radius 3 is 2.61 bits per heavy atom. The largest absolute Gasteiger partial charge is 0.340 e. The third-order valence-electron chi connectivity index (χ3n) is 5.52. The van der Waals surface area contributed by atoms with Gasteiger partial charge in [-0.15, -0.1) is 0 Å². The third-order valence-corrected chi connectivity index (χ3v) is 7.43. The fourth-order valence-corrected chi connectivity index (χ4v) is 5.40. The molecule has 3 aromatic rings. The highest BCUT2D eigenvalue weighted by Gasteiger charge is 2.34. The highest BCUT2D eigenvalue weighted by Crippen LogP contribution is 2.27. The molecule has 1 N–H and O–H groups in total. The maximum atomic E-state index is 14.0. The number of hydrogen-bond donors (Lipinski definition) is 1. The van der Waals surface area contributed by atoms with Crippen LogP contribution >= 0.6 is 0 Å². The van der Waals surface area contributed by atoms with Crippen molar-refractivity contribution in [2.45, 2.75) is 24.3 Å². The molecule has 1 aromatic heterocycles. The predicted molar refractivity (Wildman–Crippen MR) is 110 cm³/mol. The molecule has 0 aliphatic carbocycles. The Bertz CT molecular complexity index is 1190. The molecule has 0 saturated carbocycles. The van der Waals surface area contributed by atoms with Crippen molar-refractivity contribution in [1.82, 2.24) is 19.2 Å². The van der Waals surface area contributed by atoms with Gasteiger partial charge >= 0.3 is 0 Å². The average Bonchev–Trinajstić information content (AvgIpc) is 3.17. The lowest BCUT2D eigenvalue weighted by atomic mass is 9.97. The summed E-state index contributed by atoms with van der Waals surface area (Å²) in [5, 5.41) is 0. The number of carbonyl (C=O) groups excluding carboxylic acids is 1. The van der Waals surface area contributed by atoms with Crippen LogP contribution < -0.4 is 0 Å². The first-order valence-electron chi connectivity index (χ1n) is 9.89. The van der Waals surface area contributed by atoms with E-state index in [2.05, 4.69) is 9.97 Å². The van der Waals surface area contributed by atoms with Crippen LogP contribution in [0, 0.1) is 17.6 Å². The zero-order chi connectivity index (χ0) is 22.2. The van der Waals surface area contributed by atoms with Gasteiger partial charge in [0.15, 0.2) is 0 Å². The lowest BCUT2D eigenvalue weighted by molar-refractivity contribution is -0.136. The second-order valence-electron chi connectivity index (χ2n) is 7.65. The lowest BCUT2D eigenvalue weighted by Crippen LogP contribution is -2.43. The molecule has 10 heteroatoms. The maximum absolute atomic E-state index is 14.0. The molecule has 1 amide bonds. The fourth-order valence-electron chi connectivity index (χ4n) is 3.85. The number of benzene rings is 2. The highest BCUT2D eigenvalue weighted by molar-refractivity contribution is 7.89. The van der Waals surface area contributed by atoms with E-state index in [0.717, 1.165) is 27.5 Å². The smallest absolute Gasteiger partial charge is 0.246 e. The molecular formula is C21H22F2N4O3S. The molecule has 1 aliphatic rings. The van der Waals surface area contributed by atoms with E-state index in [-0.39, 0.29) is 24.9 Å². The molecule has 1 fully saturated rings. The van der Waals surface area contributed by atoms with E-state index in [1.54, 1.807) is 11.9 Å². The maximum Gasteiger partial charge on any atom is 0.246 e. The predicted octanol–water partition coefficient (Wildman–Crippen LogP) is 2.90. The van der Waals surface area contributed by atoms with Gasteiger partial charge in [-0.25, -0.2) is 22.2 Å². The Morgan fingerprint density at radius 1 is 1.19 bits per heavy atom. The van der Waals surface area contributed by atoms with Crippen molar-refractivity contribution < 1.29 is 22.0 Å². The van der Waals surface area contributed by atoms with E-state index in [4.69, 9.17) is 0 Å². The monoisotopic (exact) mass is 448 g/mol. The highest BCUT2D eigenvalue weighted by atomic mass is 32.2. The number of nitrogens with one attached hydrogen (secondary N) is 1. The van der Waals surface area contributed by atoms with Crippen LogP contribution in [-0.2, 0) is 21.4 Å². The van der Waals surface area contributed by atoms with Gasteiger partial charge in [0, 0.05) is 26.1 Å². The fraction of sp³-hybridized carbons (Fsp3) is 0.333. The summed E-state index contributed by atoms with van der Waals surface area (Å²) in [6.07, 6.45) is 0.610. The van der Waals surface area contributed by atoms with E-state index in [1.807, 2.05) is 24.3 Å². The van der Waals surface area contributed by atoms with Gasteiger partial charge in [0.1, 0.15) is 22.4 Å². The van der Waals surface area contributed by atoms with E-state index in [1.165, 1.54) is 0 Å². The number of piperidine rings is 1. The van der Waals surface area contributed by atoms with Crippen molar-refractivity contribution in [3.8, 4) is 0 Å². The molecule has 2 heterocycles. The van der Waals surface area contributed by atoms with Gasteiger partial charge in [-0.3, -0.25) is 4.79 Å². The number of aromatic amines is 1. The summed E-state index contributed by atoms with van der Waals surface area (Å²) in [5.41, 5.74) is 1.71. The minimum absolute atomic E-state index is 0.0627. The summed E-state index contributed by atoms with van der Waals surface area (Å²) in [6.45, 7) is 0.431. The topological polar surface area (TPSA) is 86.4 Å². The number of para-hydroxylation sites is 2. The van der Waals surface area contributed by atoms with Gasteiger partial charge in [0.2, 0.25) is 15.9 Å². The van der Waals surface area contributed by atoms with Crippen LogP contribution in [0.2, 0.25) is 0 Å². The first-order chi connectivity index (χ1) is 14.8. The average molecular weight is 448 g/mol. The molecular weight excluding hydrogens is 426 g/mol. The Balaban J connectivity index is 1.39. The number of nitrogens with zero attached hydrogens (tertiary/aromatic N) is 3. The molecule has 0 spiro atoms. The van der Waals surface area contributed by atoms with Gasteiger partial charge in [0.05, 0.1) is 17.6 Å². The number of fused-ring (bicyclic) bond motifs is 1. The number of aromatic nitrogens is 2. The lowest BCUT2D eigenvalue weighted by Gasteiger charge is -2.32. The first kappa shape index (κ1) is 21.4. The van der Waals surface area contributed by atoms with Crippen molar-refractivity contribution in [2.24, 2.45) is 5.92 Å². The van der Waals surface area contributed by atoms with Gasteiger partial charge in [-0.2, -0.15) is 4.31 Å². The van der Waals surface area contributed by atoms with Crippen LogP contribution in [0.5, 0.6) is 0 Å². The van der Waals surface area contributed by atoms with Crippen LogP contribution in [-0.4, -0.2) is 53.6 Å². The molecule has 0 atom stereocenters. The van der Waals surface area contributed by atoms with Gasteiger partial charge in [-0.05, 0) is 43.2 Å². The number of carbonyl (C=O) groups is 1. The van der Waals surface area contributed by atoms with Crippen molar-refractivity contribution in [2.75, 3.05) is 20.1 Å². The van der Waals surface area contributed by atoms with Gasteiger partial charge in [0.25, 0.3) is 0 Å². The number of rotatable bonds is 5. The molecule has 4 rings (SSSR count). The Hall–Kier alpha value is -2.85. The number of H-pyrrole nitrogens is 1.